The monoisotopic (exact) mass is 443 g/mol. The van der Waals surface area contributed by atoms with Crippen LogP contribution in [0.15, 0.2) is 47.4 Å². The molecule has 0 saturated heterocycles. The summed E-state index contributed by atoms with van der Waals surface area (Å²) < 4.78 is 65.8. The van der Waals surface area contributed by atoms with Gasteiger partial charge in [-0.25, -0.2) is 8.42 Å². The fourth-order valence-electron chi connectivity index (χ4n) is 2.64. The third-order valence-corrected chi connectivity index (χ3v) is 6.58. The molecule has 0 radical (unpaired) electrons. The first-order chi connectivity index (χ1) is 13.7. The Morgan fingerprint density at radius 3 is 2.20 bits per heavy atom. The number of nitrogens with zero attached hydrogens (tertiary/aromatic N) is 2. The lowest BCUT2D eigenvalue weighted by atomic mass is 10.1. The van der Waals surface area contributed by atoms with E-state index in [1.165, 1.54) is 41.7 Å². The molecule has 0 aliphatic carbocycles. The van der Waals surface area contributed by atoms with Gasteiger partial charge in [0.2, 0.25) is 10.0 Å². The number of amides is 1. The van der Waals surface area contributed by atoms with Crippen LogP contribution in [-0.2, 0) is 16.2 Å². The number of halogens is 3. The molecule has 0 aliphatic rings. The molecule has 0 bridgehead atoms. The van der Waals surface area contributed by atoms with E-state index in [0.717, 1.165) is 12.1 Å². The molecule has 2 aromatic rings. The Kier molecular flexibility index (Phi) is 6.83. The third kappa shape index (κ3) is 5.11. The molecule has 0 atom stereocenters. The zero-order valence-corrected chi connectivity index (χ0v) is 18.1. The van der Waals surface area contributed by atoms with E-state index in [1.807, 2.05) is 0 Å². The average molecular weight is 443 g/mol. The van der Waals surface area contributed by atoms with Gasteiger partial charge in [-0.3, -0.25) is 4.79 Å². The van der Waals surface area contributed by atoms with Crippen molar-refractivity contribution in [3.63, 3.8) is 0 Å². The Morgan fingerprint density at radius 2 is 1.67 bits per heavy atom. The molecule has 0 heterocycles. The van der Waals surface area contributed by atoms with Crippen LogP contribution in [0.25, 0.3) is 0 Å². The van der Waals surface area contributed by atoms with Crippen LogP contribution in [0.4, 0.5) is 24.5 Å². The van der Waals surface area contributed by atoms with E-state index in [4.69, 9.17) is 0 Å². The molecule has 0 unspecified atom stereocenters. The maximum Gasteiger partial charge on any atom is 0.416 e. The molecule has 2 aromatic carbocycles. The normalized spacial score (nSPS) is 12.3. The van der Waals surface area contributed by atoms with Crippen LogP contribution in [0.1, 0.15) is 29.8 Å². The van der Waals surface area contributed by atoms with E-state index in [1.54, 1.807) is 32.8 Å². The van der Waals surface area contributed by atoms with E-state index in [2.05, 4.69) is 5.32 Å². The molecule has 0 fully saturated rings. The van der Waals surface area contributed by atoms with E-state index < -0.39 is 27.7 Å². The summed E-state index contributed by atoms with van der Waals surface area (Å²) in [5.41, 5.74) is -0.555. The van der Waals surface area contributed by atoms with Crippen LogP contribution in [0.3, 0.4) is 0 Å². The fourth-order valence-corrected chi connectivity index (χ4v) is 4.05. The molecule has 1 N–H and O–H groups in total. The zero-order valence-electron chi connectivity index (χ0n) is 17.3. The highest BCUT2D eigenvalue weighted by Gasteiger charge is 2.31. The number of sulfonamides is 1. The first-order valence-electron chi connectivity index (χ1n) is 9.03. The molecule has 164 valence electrons. The van der Waals surface area contributed by atoms with E-state index in [-0.39, 0.29) is 22.2 Å². The molecule has 0 aliphatic heterocycles. The van der Waals surface area contributed by atoms with Crippen molar-refractivity contribution in [1.29, 1.82) is 0 Å². The summed E-state index contributed by atoms with van der Waals surface area (Å²) in [6.45, 7) is 3.43. The SMILES string of the molecule is CC(C)N(C)S(=O)(=O)c1cccc(C(=O)Nc2cc(C(F)(F)F)ccc2N(C)C)c1. The first-order valence-corrected chi connectivity index (χ1v) is 10.5. The van der Waals surface area contributed by atoms with Crippen LogP contribution in [-0.4, -0.2) is 45.8 Å². The van der Waals surface area contributed by atoms with E-state index >= 15 is 0 Å². The lowest BCUT2D eigenvalue weighted by Crippen LogP contribution is -2.33. The van der Waals surface area contributed by atoms with Gasteiger partial charge in [-0.1, -0.05) is 6.07 Å². The van der Waals surface area contributed by atoms with Crippen molar-refractivity contribution >= 4 is 27.3 Å². The van der Waals surface area contributed by atoms with Gasteiger partial charge in [0.15, 0.2) is 0 Å². The highest BCUT2D eigenvalue weighted by atomic mass is 32.2. The summed E-state index contributed by atoms with van der Waals surface area (Å²) in [4.78, 5) is 14.2. The Labute approximate surface area is 174 Å². The number of carbonyl (C=O) groups is 1. The van der Waals surface area contributed by atoms with Crippen molar-refractivity contribution in [2.45, 2.75) is 31.0 Å². The Morgan fingerprint density at radius 1 is 1.03 bits per heavy atom. The minimum atomic E-state index is -4.57. The second kappa shape index (κ2) is 8.65. The average Bonchev–Trinajstić information content (AvgIpc) is 2.66. The highest BCUT2D eigenvalue weighted by Crippen LogP contribution is 2.35. The maximum absolute atomic E-state index is 13.1. The number of carbonyl (C=O) groups excluding carboxylic acids is 1. The second-order valence-corrected chi connectivity index (χ2v) is 9.22. The summed E-state index contributed by atoms with van der Waals surface area (Å²) in [6, 6.07) is 8.12. The zero-order chi connectivity index (χ0) is 22.9. The number of hydrogen-bond acceptors (Lipinski definition) is 4. The maximum atomic E-state index is 13.1. The van der Waals surface area contributed by atoms with Gasteiger partial charge in [0.25, 0.3) is 5.91 Å². The van der Waals surface area contributed by atoms with Crippen LogP contribution < -0.4 is 10.2 Å². The predicted octanol–water partition coefficient (Wildman–Crippen LogP) is 4.05. The molecule has 6 nitrogen and oxygen atoms in total. The van der Waals surface area contributed by atoms with Gasteiger partial charge >= 0.3 is 6.18 Å². The van der Waals surface area contributed by atoms with Crippen LogP contribution >= 0.6 is 0 Å². The minimum Gasteiger partial charge on any atom is -0.376 e. The number of rotatable bonds is 6. The second-order valence-electron chi connectivity index (χ2n) is 7.22. The Hall–Kier alpha value is -2.59. The van der Waals surface area contributed by atoms with Crippen molar-refractivity contribution in [1.82, 2.24) is 4.31 Å². The van der Waals surface area contributed by atoms with Gasteiger partial charge in [-0.2, -0.15) is 17.5 Å². The minimum absolute atomic E-state index is 0.00958. The molecule has 2 rings (SSSR count). The van der Waals surface area contributed by atoms with Crippen molar-refractivity contribution in [2.24, 2.45) is 0 Å². The van der Waals surface area contributed by atoms with Gasteiger partial charge in [0.05, 0.1) is 21.8 Å². The van der Waals surface area contributed by atoms with E-state index in [0.29, 0.717) is 5.69 Å². The summed E-state index contributed by atoms with van der Waals surface area (Å²) in [7, 11) is 0.875. The number of benzene rings is 2. The standard InChI is InChI=1S/C20H24F3N3O3S/c1-13(2)26(5)30(28,29)16-8-6-7-14(11-16)19(27)24-17-12-15(20(21,22)23)9-10-18(17)25(3)4/h6-13H,1-5H3,(H,24,27). The van der Waals surface area contributed by atoms with Crippen molar-refractivity contribution in [3.05, 3.63) is 53.6 Å². The van der Waals surface area contributed by atoms with E-state index in [9.17, 15) is 26.4 Å². The number of hydrogen-bond donors (Lipinski definition) is 1. The van der Waals surface area contributed by atoms with Gasteiger partial charge in [0, 0.05) is 32.7 Å². The molecule has 30 heavy (non-hydrogen) atoms. The third-order valence-electron chi connectivity index (χ3n) is 4.55. The molecule has 0 aromatic heterocycles. The lowest BCUT2D eigenvalue weighted by molar-refractivity contribution is -0.137. The topological polar surface area (TPSA) is 69.7 Å². The summed E-state index contributed by atoms with van der Waals surface area (Å²) >= 11 is 0. The van der Waals surface area contributed by atoms with Crippen molar-refractivity contribution in [3.8, 4) is 0 Å². The molecule has 10 heteroatoms. The van der Waals surface area contributed by atoms with Gasteiger partial charge in [-0.15, -0.1) is 0 Å². The summed E-state index contributed by atoms with van der Waals surface area (Å²) in [5, 5.41) is 2.46. The van der Waals surface area contributed by atoms with Crippen LogP contribution in [0.5, 0.6) is 0 Å². The summed E-state index contributed by atoms with van der Waals surface area (Å²) in [6.07, 6.45) is -4.57. The highest BCUT2D eigenvalue weighted by molar-refractivity contribution is 7.89. The molecule has 1 amide bonds. The predicted molar refractivity (Wildman–Crippen MR) is 110 cm³/mol. The lowest BCUT2D eigenvalue weighted by Gasteiger charge is -2.21. The van der Waals surface area contributed by atoms with Crippen molar-refractivity contribution < 1.29 is 26.4 Å². The molecular weight excluding hydrogens is 419 g/mol. The van der Waals surface area contributed by atoms with Crippen LogP contribution in [0, 0.1) is 0 Å². The molecular formula is C20H24F3N3O3S. The van der Waals surface area contributed by atoms with Gasteiger partial charge in [0.1, 0.15) is 0 Å². The van der Waals surface area contributed by atoms with Crippen molar-refractivity contribution in [2.75, 3.05) is 31.4 Å². The number of anilines is 2. The van der Waals surface area contributed by atoms with Gasteiger partial charge < -0.3 is 10.2 Å². The Bertz CT molecular complexity index is 1040. The molecule has 0 saturated carbocycles. The summed E-state index contributed by atoms with van der Waals surface area (Å²) in [5.74, 6) is -0.721. The smallest absolute Gasteiger partial charge is 0.376 e. The fraction of sp³-hybridized carbons (Fsp3) is 0.350. The number of nitrogens with one attached hydrogen (secondary N) is 1. The largest absolute Gasteiger partial charge is 0.416 e. The number of alkyl halides is 3. The van der Waals surface area contributed by atoms with Gasteiger partial charge in [-0.05, 0) is 50.2 Å². The Balaban J connectivity index is 2.42. The van der Waals surface area contributed by atoms with Crippen LogP contribution in [0.2, 0.25) is 0 Å². The first kappa shape index (κ1) is 23.7. The molecule has 0 spiro atoms. The quantitative estimate of drug-likeness (QED) is 0.731.